The zero-order valence-corrected chi connectivity index (χ0v) is 12.1. The lowest BCUT2D eigenvalue weighted by atomic mass is 10.2. The van der Waals surface area contributed by atoms with Gasteiger partial charge >= 0.3 is 0 Å². The van der Waals surface area contributed by atoms with Gasteiger partial charge < -0.3 is 10.6 Å². The van der Waals surface area contributed by atoms with Crippen molar-refractivity contribution in [1.29, 1.82) is 0 Å². The average Bonchev–Trinajstić information content (AvgIpc) is 2.37. The van der Waals surface area contributed by atoms with E-state index < -0.39 is 0 Å². The van der Waals surface area contributed by atoms with E-state index in [0.29, 0.717) is 17.6 Å². The molecule has 0 aliphatic carbocycles. The lowest BCUT2D eigenvalue weighted by molar-refractivity contribution is -0.118. The molecule has 0 spiro atoms. The number of halogens is 1. The third-order valence-corrected chi connectivity index (χ3v) is 3.69. The third kappa shape index (κ3) is 3.93. The molecule has 0 unspecified atom stereocenters. The van der Waals surface area contributed by atoms with E-state index in [1.807, 2.05) is 19.1 Å². The van der Waals surface area contributed by atoms with E-state index >= 15 is 0 Å². The molecule has 4 nitrogen and oxygen atoms in total. The van der Waals surface area contributed by atoms with Crippen LogP contribution in [0.15, 0.2) is 18.2 Å². The van der Waals surface area contributed by atoms with E-state index in [2.05, 4.69) is 22.5 Å². The fraction of sp³-hybridized carbons (Fsp3) is 0.500. The summed E-state index contributed by atoms with van der Waals surface area (Å²) in [4.78, 5) is 14.3. The standard InChI is InChI=1S/C14H20ClN3O/c1-10-3-4-12(15)7-13(10)17-14(19)9-18-6-5-16-8-11(18)2/h3-4,7,11,16H,5-6,8-9H2,1-2H3,(H,17,19)/t11-/m1/s1. The molecule has 1 fully saturated rings. The van der Waals surface area contributed by atoms with Gasteiger partial charge in [-0.05, 0) is 31.5 Å². The normalized spacial score (nSPS) is 20.3. The number of benzene rings is 1. The second-order valence-corrected chi connectivity index (χ2v) is 5.47. The van der Waals surface area contributed by atoms with Gasteiger partial charge in [-0.25, -0.2) is 0 Å². The zero-order chi connectivity index (χ0) is 13.8. The zero-order valence-electron chi connectivity index (χ0n) is 11.4. The van der Waals surface area contributed by atoms with Crippen LogP contribution >= 0.6 is 11.6 Å². The Morgan fingerprint density at radius 3 is 3.11 bits per heavy atom. The van der Waals surface area contributed by atoms with Gasteiger partial charge in [-0.2, -0.15) is 0 Å². The molecule has 1 aliphatic rings. The summed E-state index contributed by atoms with van der Waals surface area (Å²) in [6.45, 7) is 7.29. The Hall–Kier alpha value is -1.10. The van der Waals surface area contributed by atoms with Crippen molar-refractivity contribution >= 4 is 23.2 Å². The van der Waals surface area contributed by atoms with Gasteiger partial charge in [0.05, 0.1) is 6.54 Å². The van der Waals surface area contributed by atoms with Gasteiger partial charge in [-0.3, -0.25) is 9.69 Å². The maximum absolute atomic E-state index is 12.1. The first-order chi connectivity index (χ1) is 9.06. The second-order valence-electron chi connectivity index (χ2n) is 5.03. The molecule has 104 valence electrons. The number of aryl methyl sites for hydroxylation is 1. The number of anilines is 1. The number of carbonyl (C=O) groups excluding carboxylic acids is 1. The highest BCUT2D eigenvalue weighted by Gasteiger charge is 2.20. The Balaban J connectivity index is 1.95. The Morgan fingerprint density at radius 2 is 2.37 bits per heavy atom. The van der Waals surface area contributed by atoms with Crippen LogP contribution in [0, 0.1) is 6.92 Å². The van der Waals surface area contributed by atoms with Gasteiger partial charge in [0.15, 0.2) is 0 Å². The monoisotopic (exact) mass is 281 g/mol. The SMILES string of the molecule is Cc1ccc(Cl)cc1NC(=O)CN1CCNC[C@H]1C. The summed E-state index contributed by atoms with van der Waals surface area (Å²) in [6.07, 6.45) is 0. The van der Waals surface area contributed by atoms with Crippen molar-refractivity contribution in [2.24, 2.45) is 0 Å². The average molecular weight is 282 g/mol. The van der Waals surface area contributed by atoms with Crippen LogP contribution in [0.5, 0.6) is 0 Å². The lowest BCUT2D eigenvalue weighted by Gasteiger charge is -2.33. The number of amides is 1. The molecular formula is C14H20ClN3O. The highest BCUT2D eigenvalue weighted by molar-refractivity contribution is 6.31. The molecule has 1 aromatic rings. The highest BCUT2D eigenvalue weighted by Crippen LogP contribution is 2.20. The summed E-state index contributed by atoms with van der Waals surface area (Å²) in [5, 5.41) is 6.88. The van der Waals surface area contributed by atoms with E-state index in [1.54, 1.807) is 6.07 Å². The van der Waals surface area contributed by atoms with Gasteiger partial charge in [-0.1, -0.05) is 17.7 Å². The quantitative estimate of drug-likeness (QED) is 0.889. The predicted molar refractivity (Wildman–Crippen MR) is 78.7 cm³/mol. The van der Waals surface area contributed by atoms with Crippen molar-refractivity contribution in [2.75, 3.05) is 31.5 Å². The van der Waals surface area contributed by atoms with E-state index in [1.165, 1.54) is 0 Å². The second kappa shape index (κ2) is 6.37. The number of carbonyl (C=O) groups is 1. The van der Waals surface area contributed by atoms with Gasteiger partial charge in [-0.15, -0.1) is 0 Å². The molecule has 0 aromatic heterocycles. The van der Waals surface area contributed by atoms with Crippen LogP contribution in [0.1, 0.15) is 12.5 Å². The minimum atomic E-state index is 0.0131. The molecule has 1 saturated heterocycles. The predicted octanol–water partition coefficient (Wildman–Crippen LogP) is 1.88. The molecule has 0 bridgehead atoms. The Labute approximate surface area is 119 Å². The molecule has 2 rings (SSSR count). The van der Waals surface area contributed by atoms with Gasteiger partial charge in [0.25, 0.3) is 0 Å². The largest absolute Gasteiger partial charge is 0.325 e. The van der Waals surface area contributed by atoms with Crippen LogP contribution in [-0.4, -0.2) is 43.0 Å². The minimum absolute atomic E-state index is 0.0131. The number of piperazine rings is 1. The van der Waals surface area contributed by atoms with Gasteiger partial charge in [0.1, 0.15) is 0 Å². The molecule has 1 aliphatic heterocycles. The molecule has 1 atom stereocenters. The van der Waals surface area contributed by atoms with Crippen molar-refractivity contribution in [2.45, 2.75) is 19.9 Å². The molecule has 1 aromatic carbocycles. The molecule has 0 radical (unpaired) electrons. The Morgan fingerprint density at radius 1 is 1.58 bits per heavy atom. The number of nitrogens with one attached hydrogen (secondary N) is 2. The number of nitrogens with zero attached hydrogens (tertiary/aromatic N) is 1. The molecule has 0 saturated carbocycles. The van der Waals surface area contributed by atoms with E-state index in [4.69, 9.17) is 11.6 Å². The van der Waals surface area contributed by atoms with Gasteiger partial charge in [0.2, 0.25) is 5.91 Å². The molecular weight excluding hydrogens is 262 g/mol. The molecule has 5 heteroatoms. The highest BCUT2D eigenvalue weighted by atomic mass is 35.5. The van der Waals surface area contributed by atoms with E-state index in [0.717, 1.165) is 30.9 Å². The smallest absolute Gasteiger partial charge is 0.238 e. The minimum Gasteiger partial charge on any atom is -0.325 e. The molecule has 2 N–H and O–H groups in total. The number of rotatable bonds is 3. The maximum atomic E-state index is 12.1. The van der Waals surface area contributed by atoms with Crippen molar-refractivity contribution in [3.63, 3.8) is 0 Å². The number of hydrogen-bond donors (Lipinski definition) is 2. The summed E-state index contributed by atoms with van der Waals surface area (Å²) in [6, 6.07) is 5.91. The first-order valence-electron chi connectivity index (χ1n) is 6.57. The van der Waals surface area contributed by atoms with Crippen LogP contribution in [-0.2, 0) is 4.79 Å². The van der Waals surface area contributed by atoms with Crippen molar-refractivity contribution in [1.82, 2.24) is 10.2 Å². The fourth-order valence-corrected chi connectivity index (χ4v) is 2.39. The molecule has 1 heterocycles. The van der Waals surface area contributed by atoms with E-state index in [-0.39, 0.29) is 5.91 Å². The molecule has 1 amide bonds. The Kier molecular flexibility index (Phi) is 4.80. The number of hydrogen-bond acceptors (Lipinski definition) is 3. The van der Waals surface area contributed by atoms with Crippen molar-refractivity contribution < 1.29 is 4.79 Å². The first kappa shape index (κ1) is 14.3. The van der Waals surface area contributed by atoms with Crippen LogP contribution in [0.4, 0.5) is 5.69 Å². The topological polar surface area (TPSA) is 44.4 Å². The van der Waals surface area contributed by atoms with Crippen LogP contribution in [0.2, 0.25) is 5.02 Å². The first-order valence-corrected chi connectivity index (χ1v) is 6.95. The maximum Gasteiger partial charge on any atom is 0.238 e. The summed E-state index contributed by atoms with van der Waals surface area (Å²) < 4.78 is 0. The summed E-state index contributed by atoms with van der Waals surface area (Å²) >= 11 is 5.95. The van der Waals surface area contributed by atoms with Crippen LogP contribution < -0.4 is 10.6 Å². The molecule has 19 heavy (non-hydrogen) atoms. The third-order valence-electron chi connectivity index (χ3n) is 3.46. The van der Waals surface area contributed by atoms with Gasteiger partial charge in [0, 0.05) is 36.4 Å². The van der Waals surface area contributed by atoms with Crippen molar-refractivity contribution in [3.8, 4) is 0 Å². The lowest BCUT2D eigenvalue weighted by Crippen LogP contribution is -2.52. The van der Waals surface area contributed by atoms with Crippen LogP contribution in [0.25, 0.3) is 0 Å². The summed E-state index contributed by atoms with van der Waals surface area (Å²) in [7, 11) is 0. The summed E-state index contributed by atoms with van der Waals surface area (Å²) in [5.74, 6) is 0.0131. The fourth-order valence-electron chi connectivity index (χ4n) is 2.22. The Bertz CT molecular complexity index is 464. The van der Waals surface area contributed by atoms with Crippen LogP contribution in [0.3, 0.4) is 0 Å². The summed E-state index contributed by atoms with van der Waals surface area (Å²) in [5.41, 5.74) is 1.81. The van der Waals surface area contributed by atoms with Crippen molar-refractivity contribution in [3.05, 3.63) is 28.8 Å². The van der Waals surface area contributed by atoms with E-state index in [9.17, 15) is 4.79 Å².